The third-order valence-electron chi connectivity index (χ3n) is 0. The SMILES string of the molecule is O.O.[Br-].[Br-].[Ca+2]. The van der Waals surface area contributed by atoms with Crippen LogP contribution in [0, 0.1) is 0 Å². The summed E-state index contributed by atoms with van der Waals surface area (Å²) < 4.78 is 0. The van der Waals surface area contributed by atoms with Gasteiger partial charge in [0.15, 0.2) is 0 Å². The van der Waals surface area contributed by atoms with Gasteiger partial charge in [-0.15, -0.1) is 0 Å². The van der Waals surface area contributed by atoms with Crippen molar-refractivity contribution < 1.29 is 44.9 Å². The molecule has 0 atom stereocenters. The van der Waals surface area contributed by atoms with Crippen molar-refractivity contribution in [2.45, 2.75) is 0 Å². The summed E-state index contributed by atoms with van der Waals surface area (Å²) in [5, 5.41) is 0. The van der Waals surface area contributed by atoms with Crippen LogP contribution in [-0.2, 0) is 0 Å². The summed E-state index contributed by atoms with van der Waals surface area (Å²) >= 11 is 0. The molecule has 0 radical (unpaired) electrons. The predicted molar refractivity (Wildman–Crippen MR) is 13.0 cm³/mol. The molecule has 0 rings (SSSR count). The zero-order valence-electron chi connectivity index (χ0n) is 2.46. The molecular weight excluding hydrogens is 232 g/mol. The molecule has 0 heterocycles. The van der Waals surface area contributed by atoms with Crippen LogP contribution in [0.2, 0.25) is 0 Å². The van der Waals surface area contributed by atoms with E-state index in [0.717, 1.165) is 0 Å². The van der Waals surface area contributed by atoms with Gasteiger partial charge in [0, 0.05) is 0 Å². The van der Waals surface area contributed by atoms with Crippen molar-refractivity contribution in [3.8, 4) is 0 Å². The van der Waals surface area contributed by atoms with Gasteiger partial charge in [-0.1, -0.05) is 0 Å². The van der Waals surface area contributed by atoms with Crippen LogP contribution in [0.3, 0.4) is 0 Å². The third-order valence-corrected chi connectivity index (χ3v) is 0. The Balaban J connectivity index is 0. The number of hydrogen-bond acceptors (Lipinski definition) is 0. The van der Waals surface area contributed by atoms with E-state index in [1.54, 1.807) is 0 Å². The maximum absolute atomic E-state index is 0. The Hall–Kier alpha value is 2.14. The van der Waals surface area contributed by atoms with E-state index in [2.05, 4.69) is 0 Å². The molecule has 0 aliphatic carbocycles. The largest absolute Gasteiger partial charge is 2.00 e. The van der Waals surface area contributed by atoms with E-state index in [-0.39, 0.29) is 82.7 Å². The summed E-state index contributed by atoms with van der Waals surface area (Å²) in [5.41, 5.74) is 0. The molecule has 32 valence electrons. The van der Waals surface area contributed by atoms with Crippen LogP contribution in [0.15, 0.2) is 0 Å². The molecular formula is H4Br2CaO2. The molecule has 4 N–H and O–H groups in total. The monoisotopic (exact) mass is 234 g/mol. The Morgan fingerprint density at radius 2 is 0.600 bits per heavy atom. The Bertz CT molecular complexity index is 7.61. The van der Waals surface area contributed by atoms with Crippen LogP contribution in [0.25, 0.3) is 0 Å². The van der Waals surface area contributed by atoms with Crippen molar-refractivity contribution in [3.05, 3.63) is 0 Å². The summed E-state index contributed by atoms with van der Waals surface area (Å²) in [5.74, 6) is 0. The van der Waals surface area contributed by atoms with E-state index >= 15 is 0 Å². The predicted octanol–water partition coefficient (Wildman–Crippen LogP) is -8.02. The van der Waals surface area contributed by atoms with Crippen LogP contribution in [-0.4, -0.2) is 48.7 Å². The molecule has 0 aromatic carbocycles. The van der Waals surface area contributed by atoms with Crippen LogP contribution >= 0.6 is 0 Å². The first kappa shape index (κ1) is 58.8. The molecule has 0 unspecified atom stereocenters. The average molecular weight is 236 g/mol. The molecule has 2 nitrogen and oxygen atoms in total. The van der Waals surface area contributed by atoms with E-state index in [0.29, 0.717) is 0 Å². The second kappa shape index (κ2) is 35.4. The second-order valence-corrected chi connectivity index (χ2v) is 0. The van der Waals surface area contributed by atoms with E-state index < -0.39 is 0 Å². The molecule has 0 bridgehead atoms. The molecule has 0 spiro atoms. The maximum Gasteiger partial charge on any atom is 2.00 e. The van der Waals surface area contributed by atoms with Gasteiger partial charge in [0.05, 0.1) is 0 Å². The van der Waals surface area contributed by atoms with E-state index in [4.69, 9.17) is 0 Å². The van der Waals surface area contributed by atoms with Crippen molar-refractivity contribution in [1.82, 2.24) is 0 Å². The Kier molecular flexibility index (Phi) is 416. The molecule has 0 saturated heterocycles. The van der Waals surface area contributed by atoms with Gasteiger partial charge < -0.3 is 44.9 Å². The topological polar surface area (TPSA) is 63.0 Å². The van der Waals surface area contributed by atoms with Gasteiger partial charge in [-0.25, -0.2) is 0 Å². The van der Waals surface area contributed by atoms with Gasteiger partial charge in [0.25, 0.3) is 0 Å². The number of halogens is 2. The molecule has 0 amide bonds. The first-order valence-corrected chi connectivity index (χ1v) is 0. The summed E-state index contributed by atoms with van der Waals surface area (Å²) in [6, 6.07) is 0. The molecule has 5 heavy (non-hydrogen) atoms. The fraction of sp³-hybridized carbons (Fsp3) is 0. The van der Waals surface area contributed by atoms with Gasteiger partial charge in [-0.3, -0.25) is 0 Å². The standard InChI is InChI=1S/2BrH.Ca.2H2O/h2*1H;;2*1H2/q;;+2;;/p-2. The van der Waals surface area contributed by atoms with Crippen molar-refractivity contribution in [2.75, 3.05) is 0 Å². The molecule has 0 aliphatic heterocycles. The van der Waals surface area contributed by atoms with E-state index in [9.17, 15) is 0 Å². The molecule has 0 aromatic heterocycles. The van der Waals surface area contributed by atoms with Crippen LogP contribution in [0.5, 0.6) is 0 Å². The summed E-state index contributed by atoms with van der Waals surface area (Å²) in [7, 11) is 0. The van der Waals surface area contributed by atoms with Gasteiger partial charge in [0.1, 0.15) is 0 Å². The molecule has 0 aromatic rings. The zero-order valence-corrected chi connectivity index (χ0v) is 7.84. The van der Waals surface area contributed by atoms with Gasteiger partial charge >= 0.3 is 37.7 Å². The Labute approximate surface area is 81.5 Å². The van der Waals surface area contributed by atoms with Crippen molar-refractivity contribution in [2.24, 2.45) is 0 Å². The minimum absolute atomic E-state index is 0. The normalized spacial score (nSPS) is 0. The Morgan fingerprint density at radius 1 is 0.600 bits per heavy atom. The fourth-order valence-electron chi connectivity index (χ4n) is 0. The molecule has 0 fully saturated rings. The van der Waals surface area contributed by atoms with Gasteiger partial charge in [0.2, 0.25) is 0 Å². The smallest absolute Gasteiger partial charge is 1.00 e. The van der Waals surface area contributed by atoms with E-state index in [1.165, 1.54) is 0 Å². The first-order chi connectivity index (χ1) is 0. The van der Waals surface area contributed by atoms with E-state index in [1.807, 2.05) is 0 Å². The minimum Gasteiger partial charge on any atom is -1.00 e. The fourth-order valence-corrected chi connectivity index (χ4v) is 0. The first-order valence-electron chi connectivity index (χ1n) is 0. The number of hydrogen-bond donors (Lipinski definition) is 0. The molecule has 5 heteroatoms. The molecule has 0 saturated carbocycles. The Morgan fingerprint density at radius 3 is 0.600 bits per heavy atom. The quantitative estimate of drug-likeness (QED) is 0.375. The van der Waals surface area contributed by atoms with Crippen LogP contribution in [0.1, 0.15) is 0 Å². The molecule has 0 aliphatic rings. The van der Waals surface area contributed by atoms with Crippen LogP contribution < -0.4 is 34.0 Å². The van der Waals surface area contributed by atoms with Crippen molar-refractivity contribution in [3.63, 3.8) is 0 Å². The van der Waals surface area contributed by atoms with Crippen LogP contribution in [0.4, 0.5) is 0 Å². The second-order valence-electron chi connectivity index (χ2n) is 0. The third kappa shape index (κ3) is 23.0. The van der Waals surface area contributed by atoms with Crippen molar-refractivity contribution >= 4 is 37.7 Å². The number of rotatable bonds is 0. The van der Waals surface area contributed by atoms with Gasteiger partial charge in [-0.2, -0.15) is 0 Å². The summed E-state index contributed by atoms with van der Waals surface area (Å²) in [6.07, 6.45) is 0. The van der Waals surface area contributed by atoms with Gasteiger partial charge in [-0.05, 0) is 0 Å². The average Bonchev–Trinajstić information content (AvgIpc) is 0. The maximum atomic E-state index is 0. The van der Waals surface area contributed by atoms with Crippen molar-refractivity contribution in [1.29, 1.82) is 0 Å². The summed E-state index contributed by atoms with van der Waals surface area (Å²) in [6.45, 7) is 0. The minimum atomic E-state index is 0. The summed E-state index contributed by atoms with van der Waals surface area (Å²) in [4.78, 5) is 0. The zero-order chi connectivity index (χ0) is 0.